The topological polar surface area (TPSA) is 41.6 Å². The Balaban J connectivity index is 1.46. The van der Waals surface area contributed by atoms with Crippen molar-refractivity contribution in [3.8, 4) is 0 Å². The Labute approximate surface area is 118 Å². The molecule has 2 atom stereocenters. The number of nitrogens with one attached hydrogen (secondary N) is 1. The van der Waals surface area contributed by atoms with Crippen molar-refractivity contribution in [2.24, 2.45) is 0 Å². The van der Waals surface area contributed by atoms with Gasteiger partial charge in [-0.05, 0) is 30.5 Å². The van der Waals surface area contributed by atoms with Crippen LogP contribution in [0.3, 0.4) is 0 Å². The highest BCUT2D eigenvalue weighted by Gasteiger charge is 2.44. The van der Waals surface area contributed by atoms with Crippen LogP contribution in [0.4, 0.5) is 5.69 Å². The molecule has 3 heteroatoms. The Morgan fingerprint density at radius 1 is 1.00 bits per heavy atom. The highest BCUT2D eigenvalue weighted by atomic mass is 16.6. The SMILES string of the molecule is O=C(Nc1ccccc1)[C@@H]1O[C@@H]1CCc1ccccc1. The molecule has 2 aromatic carbocycles. The van der Waals surface area contributed by atoms with Crippen LogP contribution in [0, 0.1) is 0 Å². The zero-order chi connectivity index (χ0) is 13.8. The number of carbonyl (C=O) groups excluding carboxylic acids is 1. The summed E-state index contributed by atoms with van der Waals surface area (Å²) in [5.74, 6) is -0.0470. The second-order valence-electron chi connectivity index (χ2n) is 4.97. The molecule has 0 unspecified atom stereocenters. The van der Waals surface area contributed by atoms with E-state index in [9.17, 15) is 4.79 Å². The molecule has 0 bridgehead atoms. The summed E-state index contributed by atoms with van der Waals surface area (Å²) in [6, 6.07) is 19.7. The molecule has 0 radical (unpaired) electrons. The summed E-state index contributed by atoms with van der Waals surface area (Å²) in [5, 5.41) is 2.87. The molecule has 102 valence electrons. The molecular weight excluding hydrogens is 250 g/mol. The molecule has 1 aliphatic heterocycles. The minimum absolute atomic E-state index is 0.0470. The van der Waals surface area contributed by atoms with Gasteiger partial charge in [-0.25, -0.2) is 0 Å². The van der Waals surface area contributed by atoms with Crippen molar-refractivity contribution in [2.75, 3.05) is 5.32 Å². The molecule has 2 aromatic rings. The van der Waals surface area contributed by atoms with E-state index in [4.69, 9.17) is 4.74 Å². The van der Waals surface area contributed by atoms with E-state index in [1.807, 2.05) is 48.5 Å². The fourth-order valence-electron chi connectivity index (χ4n) is 2.28. The predicted molar refractivity (Wildman–Crippen MR) is 78.5 cm³/mol. The largest absolute Gasteiger partial charge is 0.359 e. The summed E-state index contributed by atoms with van der Waals surface area (Å²) < 4.78 is 5.46. The van der Waals surface area contributed by atoms with E-state index in [1.165, 1.54) is 5.56 Å². The van der Waals surface area contributed by atoms with E-state index in [-0.39, 0.29) is 18.1 Å². The number of hydrogen-bond donors (Lipinski definition) is 1. The van der Waals surface area contributed by atoms with Crippen LogP contribution in [0.15, 0.2) is 60.7 Å². The maximum atomic E-state index is 12.0. The molecule has 20 heavy (non-hydrogen) atoms. The Kier molecular flexibility index (Phi) is 3.79. The van der Waals surface area contributed by atoms with E-state index in [2.05, 4.69) is 17.4 Å². The van der Waals surface area contributed by atoms with Crippen molar-refractivity contribution < 1.29 is 9.53 Å². The van der Waals surface area contributed by atoms with Crippen LogP contribution >= 0.6 is 0 Å². The lowest BCUT2D eigenvalue weighted by molar-refractivity contribution is -0.117. The van der Waals surface area contributed by atoms with Crippen molar-refractivity contribution in [3.05, 3.63) is 66.2 Å². The number of carbonyl (C=O) groups is 1. The van der Waals surface area contributed by atoms with E-state index < -0.39 is 0 Å². The number of anilines is 1. The van der Waals surface area contributed by atoms with Crippen molar-refractivity contribution in [2.45, 2.75) is 25.0 Å². The fraction of sp³-hybridized carbons (Fsp3) is 0.235. The lowest BCUT2D eigenvalue weighted by Gasteiger charge is -2.02. The zero-order valence-corrected chi connectivity index (χ0v) is 11.2. The average molecular weight is 267 g/mol. The summed E-state index contributed by atoms with van der Waals surface area (Å²) in [5.41, 5.74) is 2.10. The van der Waals surface area contributed by atoms with E-state index in [0.717, 1.165) is 18.5 Å². The molecule has 1 saturated heterocycles. The fourth-order valence-corrected chi connectivity index (χ4v) is 2.28. The molecule has 1 N–H and O–H groups in total. The number of amides is 1. The molecule has 1 aliphatic rings. The van der Waals surface area contributed by atoms with Crippen molar-refractivity contribution >= 4 is 11.6 Å². The maximum Gasteiger partial charge on any atom is 0.256 e. The minimum atomic E-state index is -0.293. The number of rotatable bonds is 5. The molecular formula is C17H17NO2. The third kappa shape index (κ3) is 3.25. The first-order valence-electron chi connectivity index (χ1n) is 6.88. The quantitative estimate of drug-likeness (QED) is 0.846. The second-order valence-corrected chi connectivity index (χ2v) is 4.97. The zero-order valence-electron chi connectivity index (χ0n) is 11.2. The average Bonchev–Trinajstić information content (AvgIpc) is 3.27. The molecule has 1 heterocycles. The van der Waals surface area contributed by atoms with Crippen LogP contribution in [0.2, 0.25) is 0 Å². The predicted octanol–water partition coefficient (Wildman–Crippen LogP) is 3.03. The van der Waals surface area contributed by atoms with E-state index in [0.29, 0.717) is 0 Å². The van der Waals surface area contributed by atoms with Gasteiger partial charge in [-0.1, -0.05) is 48.5 Å². The van der Waals surface area contributed by atoms with Gasteiger partial charge < -0.3 is 10.1 Å². The highest BCUT2D eigenvalue weighted by molar-refractivity contribution is 5.96. The standard InChI is InChI=1S/C17H17NO2/c19-17(18-14-9-5-2-6-10-14)16-15(20-16)12-11-13-7-3-1-4-8-13/h1-10,15-16H,11-12H2,(H,18,19)/t15-,16-/m1/s1. The summed E-state index contributed by atoms with van der Waals surface area (Å²) in [4.78, 5) is 12.0. The van der Waals surface area contributed by atoms with Gasteiger partial charge in [0.05, 0.1) is 6.10 Å². The van der Waals surface area contributed by atoms with Crippen molar-refractivity contribution in [1.82, 2.24) is 0 Å². The third-order valence-electron chi connectivity index (χ3n) is 3.44. The number of epoxide rings is 1. The lowest BCUT2D eigenvalue weighted by atomic mass is 10.1. The van der Waals surface area contributed by atoms with Gasteiger partial charge in [-0.15, -0.1) is 0 Å². The van der Waals surface area contributed by atoms with Gasteiger partial charge in [0.1, 0.15) is 0 Å². The van der Waals surface area contributed by atoms with Crippen LogP contribution in [0.5, 0.6) is 0 Å². The molecule has 1 fully saturated rings. The van der Waals surface area contributed by atoms with Gasteiger partial charge in [-0.2, -0.15) is 0 Å². The minimum Gasteiger partial charge on any atom is -0.359 e. The Morgan fingerprint density at radius 2 is 1.65 bits per heavy atom. The van der Waals surface area contributed by atoms with Gasteiger partial charge in [0, 0.05) is 5.69 Å². The van der Waals surface area contributed by atoms with Gasteiger partial charge >= 0.3 is 0 Å². The van der Waals surface area contributed by atoms with Crippen molar-refractivity contribution in [1.29, 1.82) is 0 Å². The number of hydrogen-bond acceptors (Lipinski definition) is 2. The smallest absolute Gasteiger partial charge is 0.256 e. The highest BCUT2D eigenvalue weighted by Crippen LogP contribution is 2.28. The van der Waals surface area contributed by atoms with Crippen LogP contribution in [-0.4, -0.2) is 18.1 Å². The first-order chi connectivity index (χ1) is 9.83. The summed E-state index contributed by atoms with van der Waals surface area (Å²) in [7, 11) is 0. The molecule has 0 spiro atoms. The Bertz CT molecular complexity index is 568. The molecule has 3 nitrogen and oxygen atoms in total. The van der Waals surface area contributed by atoms with Crippen molar-refractivity contribution in [3.63, 3.8) is 0 Å². The summed E-state index contributed by atoms with van der Waals surface area (Å²) >= 11 is 0. The first kappa shape index (κ1) is 12.9. The third-order valence-corrected chi connectivity index (χ3v) is 3.44. The number of para-hydroxylation sites is 1. The molecule has 0 saturated carbocycles. The van der Waals surface area contributed by atoms with E-state index in [1.54, 1.807) is 0 Å². The number of ether oxygens (including phenoxy) is 1. The van der Waals surface area contributed by atoms with Crippen LogP contribution in [0.1, 0.15) is 12.0 Å². The molecule has 0 aliphatic carbocycles. The normalized spacial score (nSPS) is 20.4. The van der Waals surface area contributed by atoms with Gasteiger partial charge in [0.2, 0.25) is 0 Å². The summed E-state index contributed by atoms with van der Waals surface area (Å²) in [6.07, 6.45) is 1.59. The van der Waals surface area contributed by atoms with Crippen LogP contribution < -0.4 is 5.32 Å². The Hall–Kier alpha value is -2.13. The van der Waals surface area contributed by atoms with Gasteiger partial charge in [-0.3, -0.25) is 4.79 Å². The van der Waals surface area contributed by atoms with Gasteiger partial charge in [0.15, 0.2) is 6.10 Å². The maximum absolute atomic E-state index is 12.0. The number of aryl methyl sites for hydroxylation is 1. The lowest BCUT2D eigenvalue weighted by Crippen LogP contribution is -2.19. The summed E-state index contributed by atoms with van der Waals surface area (Å²) in [6.45, 7) is 0. The monoisotopic (exact) mass is 267 g/mol. The molecule has 0 aromatic heterocycles. The molecule has 3 rings (SSSR count). The second kappa shape index (κ2) is 5.88. The first-order valence-corrected chi connectivity index (χ1v) is 6.88. The van der Waals surface area contributed by atoms with Crippen LogP contribution in [-0.2, 0) is 16.0 Å². The van der Waals surface area contributed by atoms with E-state index >= 15 is 0 Å². The van der Waals surface area contributed by atoms with Gasteiger partial charge in [0.25, 0.3) is 5.91 Å². The molecule has 1 amide bonds. The Morgan fingerprint density at radius 3 is 2.35 bits per heavy atom. The van der Waals surface area contributed by atoms with Crippen LogP contribution in [0.25, 0.3) is 0 Å². The number of benzene rings is 2.